The SMILES string of the molecule is C=Cc1c(Cl)ccc(C)c1F. The summed E-state index contributed by atoms with van der Waals surface area (Å²) in [5.41, 5.74) is 0.968. The van der Waals surface area contributed by atoms with Gasteiger partial charge >= 0.3 is 0 Å². The zero-order valence-corrected chi connectivity index (χ0v) is 6.95. The van der Waals surface area contributed by atoms with Crippen LogP contribution in [0.5, 0.6) is 0 Å². The van der Waals surface area contributed by atoms with Crippen molar-refractivity contribution in [3.63, 3.8) is 0 Å². The van der Waals surface area contributed by atoms with Crippen LogP contribution in [0.3, 0.4) is 0 Å². The molecule has 1 aromatic rings. The summed E-state index contributed by atoms with van der Waals surface area (Å²) in [5, 5.41) is 0.406. The number of hydrogen-bond donors (Lipinski definition) is 0. The van der Waals surface area contributed by atoms with Crippen LogP contribution >= 0.6 is 11.6 Å². The summed E-state index contributed by atoms with van der Waals surface area (Å²) in [6.07, 6.45) is 1.42. The van der Waals surface area contributed by atoms with Gasteiger partial charge in [0, 0.05) is 5.56 Å². The molecule has 0 atom stereocenters. The highest BCUT2D eigenvalue weighted by Crippen LogP contribution is 2.22. The number of rotatable bonds is 1. The van der Waals surface area contributed by atoms with E-state index in [1.165, 1.54) is 6.08 Å². The predicted octanol–water partition coefficient (Wildman–Crippen LogP) is 3.43. The highest BCUT2D eigenvalue weighted by atomic mass is 35.5. The van der Waals surface area contributed by atoms with E-state index < -0.39 is 0 Å². The molecule has 0 aliphatic carbocycles. The van der Waals surface area contributed by atoms with Crippen molar-refractivity contribution in [2.45, 2.75) is 6.92 Å². The van der Waals surface area contributed by atoms with Crippen molar-refractivity contribution in [2.24, 2.45) is 0 Å². The molecule has 58 valence electrons. The molecule has 11 heavy (non-hydrogen) atoms. The van der Waals surface area contributed by atoms with E-state index in [1.54, 1.807) is 19.1 Å². The second kappa shape index (κ2) is 3.05. The summed E-state index contributed by atoms with van der Waals surface area (Å²) < 4.78 is 13.1. The fourth-order valence-electron chi connectivity index (χ4n) is 0.865. The molecular weight excluding hydrogens is 163 g/mol. The van der Waals surface area contributed by atoms with Gasteiger partial charge in [0.15, 0.2) is 0 Å². The Hall–Kier alpha value is -0.820. The van der Waals surface area contributed by atoms with Crippen LogP contribution in [0.15, 0.2) is 18.7 Å². The molecule has 0 aliphatic rings. The molecule has 0 amide bonds. The van der Waals surface area contributed by atoms with E-state index in [9.17, 15) is 4.39 Å². The smallest absolute Gasteiger partial charge is 0.134 e. The van der Waals surface area contributed by atoms with Crippen LogP contribution in [0, 0.1) is 12.7 Å². The highest BCUT2D eigenvalue weighted by molar-refractivity contribution is 6.32. The maximum absolute atomic E-state index is 13.1. The van der Waals surface area contributed by atoms with Gasteiger partial charge in [-0.05, 0) is 18.6 Å². The molecule has 0 nitrogen and oxygen atoms in total. The fourth-order valence-corrected chi connectivity index (χ4v) is 1.09. The quantitative estimate of drug-likeness (QED) is 0.606. The van der Waals surface area contributed by atoms with Crippen LogP contribution in [-0.4, -0.2) is 0 Å². The van der Waals surface area contributed by atoms with E-state index in [0.29, 0.717) is 16.1 Å². The van der Waals surface area contributed by atoms with Crippen LogP contribution in [-0.2, 0) is 0 Å². The molecule has 0 heterocycles. The molecule has 0 N–H and O–H groups in total. The summed E-state index contributed by atoms with van der Waals surface area (Å²) in [4.78, 5) is 0. The average Bonchev–Trinajstić information content (AvgIpc) is 1.99. The minimum atomic E-state index is -0.285. The molecular formula is C9H8ClF. The number of hydrogen-bond acceptors (Lipinski definition) is 0. The first-order valence-corrected chi connectivity index (χ1v) is 3.61. The van der Waals surface area contributed by atoms with Crippen molar-refractivity contribution in [3.05, 3.63) is 40.7 Å². The van der Waals surface area contributed by atoms with Gasteiger partial charge < -0.3 is 0 Å². The van der Waals surface area contributed by atoms with Crippen molar-refractivity contribution < 1.29 is 4.39 Å². The van der Waals surface area contributed by atoms with Crippen molar-refractivity contribution in [1.29, 1.82) is 0 Å². The molecule has 0 radical (unpaired) electrons. The summed E-state index contributed by atoms with van der Waals surface area (Å²) in [6.45, 7) is 5.16. The van der Waals surface area contributed by atoms with E-state index in [4.69, 9.17) is 11.6 Å². The highest BCUT2D eigenvalue weighted by Gasteiger charge is 2.05. The van der Waals surface area contributed by atoms with Gasteiger partial charge in [-0.1, -0.05) is 30.3 Å². The topological polar surface area (TPSA) is 0 Å². The number of benzene rings is 1. The zero-order chi connectivity index (χ0) is 8.43. The lowest BCUT2D eigenvalue weighted by Crippen LogP contribution is -1.87. The predicted molar refractivity (Wildman–Crippen MR) is 46.2 cm³/mol. The zero-order valence-electron chi connectivity index (χ0n) is 6.20. The Morgan fingerprint density at radius 2 is 2.18 bits per heavy atom. The van der Waals surface area contributed by atoms with Crippen molar-refractivity contribution in [2.75, 3.05) is 0 Å². The van der Waals surface area contributed by atoms with Crippen LogP contribution in [0.25, 0.3) is 6.08 Å². The molecule has 1 rings (SSSR count). The number of halogens is 2. The second-order valence-corrected chi connectivity index (χ2v) is 2.70. The molecule has 1 aromatic carbocycles. The van der Waals surface area contributed by atoms with E-state index in [0.717, 1.165) is 0 Å². The summed E-state index contributed by atoms with van der Waals surface area (Å²) in [7, 11) is 0. The molecule has 0 unspecified atom stereocenters. The van der Waals surface area contributed by atoms with Crippen molar-refractivity contribution in [1.82, 2.24) is 0 Å². The molecule has 2 heteroatoms. The normalized spacial score (nSPS) is 9.73. The molecule has 0 aromatic heterocycles. The Morgan fingerprint density at radius 3 is 2.64 bits per heavy atom. The average molecular weight is 171 g/mol. The van der Waals surface area contributed by atoms with Gasteiger partial charge in [-0.2, -0.15) is 0 Å². The van der Waals surface area contributed by atoms with Gasteiger partial charge in [-0.3, -0.25) is 0 Å². The molecule has 0 saturated heterocycles. The number of aryl methyl sites for hydroxylation is 1. The Bertz CT molecular complexity index is 292. The van der Waals surface area contributed by atoms with Crippen molar-refractivity contribution in [3.8, 4) is 0 Å². The maximum Gasteiger partial charge on any atom is 0.134 e. The van der Waals surface area contributed by atoms with Crippen LogP contribution in [0.4, 0.5) is 4.39 Å². The van der Waals surface area contributed by atoms with Gasteiger partial charge in [-0.15, -0.1) is 0 Å². The van der Waals surface area contributed by atoms with Crippen LogP contribution in [0.1, 0.15) is 11.1 Å². The van der Waals surface area contributed by atoms with Crippen molar-refractivity contribution >= 4 is 17.7 Å². The minimum absolute atomic E-state index is 0.285. The minimum Gasteiger partial charge on any atom is -0.206 e. The van der Waals surface area contributed by atoms with E-state index in [1.807, 2.05) is 0 Å². The third-order valence-electron chi connectivity index (χ3n) is 1.52. The molecule has 0 saturated carbocycles. The monoisotopic (exact) mass is 170 g/mol. The lowest BCUT2D eigenvalue weighted by Gasteiger charge is -2.01. The van der Waals surface area contributed by atoms with E-state index in [-0.39, 0.29) is 5.82 Å². The first kappa shape index (κ1) is 8.28. The molecule has 0 spiro atoms. The van der Waals surface area contributed by atoms with Crippen LogP contribution < -0.4 is 0 Å². The van der Waals surface area contributed by atoms with Gasteiger partial charge in [0.1, 0.15) is 5.82 Å². The lowest BCUT2D eigenvalue weighted by molar-refractivity contribution is 0.616. The molecule has 0 fully saturated rings. The Morgan fingerprint density at radius 1 is 1.55 bits per heavy atom. The Balaban J connectivity index is 3.40. The van der Waals surface area contributed by atoms with E-state index >= 15 is 0 Å². The summed E-state index contributed by atoms with van der Waals surface area (Å²) in [5.74, 6) is -0.285. The van der Waals surface area contributed by atoms with E-state index in [2.05, 4.69) is 6.58 Å². The largest absolute Gasteiger partial charge is 0.206 e. The van der Waals surface area contributed by atoms with Gasteiger partial charge in [0.2, 0.25) is 0 Å². The fraction of sp³-hybridized carbons (Fsp3) is 0.111. The Kier molecular flexibility index (Phi) is 2.30. The molecule has 0 bridgehead atoms. The lowest BCUT2D eigenvalue weighted by atomic mass is 10.1. The first-order chi connectivity index (χ1) is 5.16. The van der Waals surface area contributed by atoms with Gasteiger partial charge in [0.05, 0.1) is 5.02 Å². The standard InChI is InChI=1S/C9H8ClF/c1-3-7-8(10)5-4-6(2)9(7)11/h3-5H,1H2,2H3. The molecule has 0 aliphatic heterocycles. The maximum atomic E-state index is 13.1. The first-order valence-electron chi connectivity index (χ1n) is 3.24. The second-order valence-electron chi connectivity index (χ2n) is 2.30. The Labute approximate surface area is 70.3 Å². The van der Waals surface area contributed by atoms with Crippen LogP contribution in [0.2, 0.25) is 5.02 Å². The third kappa shape index (κ3) is 1.43. The third-order valence-corrected chi connectivity index (χ3v) is 1.85. The summed E-state index contributed by atoms with van der Waals surface area (Å²) >= 11 is 5.69. The van der Waals surface area contributed by atoms with Gasteiger partial charge in [-0.25, -0.2) is 4.39 Å². The summed E-state index contributed by atoms with van der Waals surface area (Å²) in [6, 6.07) is 3.31. The van der Waals surface area contributed by atoms with Gasteiger partial charge in [0.25, 0.3) is 0 Å².